The number of rotatable bonds is 4. The molecule has 2 amide bonds. The highest BCUT2D eigenvalue weighted by Gasteiger charge is 2.44. The van der Waals surface area contributed by atoms with Gasteiger partial charge in [-0.25, -0.2) is 4.39 Å². The third kappa shape index (κ3) is 3.11. The van der Waals surface area contributed by atoms with E-state index in [1.165, 1.54) is 18.2 Å². The molecule has 1 aliphatic carbocycles. The average molecular weight is 334 g/mol. The van der Waals surface area contributed by atoms with Crippen molar-refractivity contribution in [2.75, 3.05) is 13.1 Å². The summed E-state index contributed by atoms with van der Waals surface area (Å²) in [6.45, 7) is -0.775. The highest BCUT2D eigenvalue weighted by Crippen LogP contribution is 2.35. The lowest BCUT2D eigenvalue weighted by atomic mass is 9.98. The van der Waals surface area contributed by atoms with Gasteiger partial charge in [0.1, 0.15) is 24.9 Å². The third-order valence-electron chi connectivity index (χ3n) is 4.65. The number of hydrogen-bond donors (Lipinski definition) is 1. The van der Waals surface area contributed by atoms with Crippen LogP contribution < -0.4 is 0 Å². The van der Waals surface area contributed by atoms with E-state index >= 15 is 0 Å². The van der Waals surface area contributed by atoms with Gasteiger partial charge in [0.25, 0.3) is 5.91 Å². The monoisotopic (exact) mass is 334 g/mol. The molecule has 0 spiro atoms. The van der Waals surface area contributed by atoms with Gasteiger partial charge < -0.3 is 14.9 Å². The molecule has 6 nitrogen and oxygen atoms in total. The van der Waals surface area contributed by atoms with Crippen LogP contribution in [0.4, 0.5) is 4.39 Å². The fourth-order valence-corrected chi connectivity index (χ4v) is 3.63. The zero-order valence-corrected chi connectivity index (χ0v) is 13.2. The molecule has 24 heavy (non-hydrogen) atoms. The Hall–Kier alpha value is -2.44. The van der Waals surface area contributed by atoms with Crippen molar-refractivity contribution in [2.45, 2.75) is 37.8 Å². The Kier molecular flexibility index (Phi) is 4.51. The predicted octanol–water partition coefficient (Wildman–Crippen LogP) is 1.56. The molecule has 1 saturated heterocycles. The molecule has 1 heterocycles. The van der Waals surface area contributed by atoms with Gasteiger partial charge in [0.05, 0.1) is 0 Å². The number of nitrogens with zero attached hydrogens (tertiary/aromatic N) is 2. The minimum atomic E-state index is -1.18. The van der Waals surface area contributed by atoms with E-state index in [4.69, 9.17) is 5.11 Å². The highest BCUT2D eigenvalue weighted by molar-refractivity contribution is 5.97. The zero-order chi connectivity index (χ0) is 17.3. The Labute approximate surface area is 138 Å². The van der Waals surface area contributed by atoms with Gasteiger partial charge in [-0.2, -0.15) is 0 Å². The molecule has 2 fully saturated rings. The number of carbonyl (C=O) groups is 3. The van der Waals surface area contributed by atoms with Gasteiger partial charge in [-0.3, -0.25) is 14.4 Å². The number of carboxylic acids is 1. The molecule has 128 valence electrons. The second kappa shape index (κ2) is 6.59. The molecular weight excluding hydrogens is 315 g/mol. The van der Waals surface area contributed by atoms with E-state index in [1.807, 2.05) is 0 Å². The maximum atomic E-state index is 13.6. The standard InChI is InChI=1S/C17H19FN2O4/c18-12-5-3-4-11(8-12)16-17(24)19(10-15(22)23)9-14(21)20(16)13-6-1-2-7-13/h3-5,8,13,16H,1-2,6-7,9-10H2,(H,22,23). The fraction of sp³-hybridized carbons (Fsp3) is 0.471. The number of carboxylic acid groups (broad SMARTS) is 1. The molecule has 1 atom stereocenters. The van der Waals surface area contributed by atoms with Crippen LogP contribution in [0.25, 0.3) is 0 Å². The largest absolute Gasteiger partial charge is 0.480 e. The lowest BCUT2D eigenvalue weighted by Crippen LogP contribution is -2.58. The first-order chi connectivity index (χ1) is 11.5. The van der Waals surface area contributed by atoms with Crippen molar-refractivity contribution in [1.82, 2.24) is 9.80 Å². The third-order valence-corrected chi connectivity index (χ3v) is 4.65. The molecule has 0 aromatic heterocycles. The summed E-state index contributed by atoms with van der Waals surface area (Å²) in [5.74, 6) is -2.41. The van der Waals surface area contributed by atoms with Crippen LogP contribution in [0, 0.1) is 5.82 Å². The Morgan fingerprint density at radius 1 is 1.25 bits per heavy atom. The summed E-state index contributed by atoms with van der Waals surface area (Å²) >= 11 is 0. The van der Waals surface area contributed by atoms with E-state index in [-0.39, 0.29) is 18.5 Å². The fourth-order valence-electron chi connectivity index (χ4n) is 3.63. The van der Waals surface area contributed by atoms with Crippen molar-refractivity contribution in [3.05, 3.63) is 35.6 Å². The molecule has 1 unspecified atom stereocenters. The van der Waals surface area contributed by atoms with Crippen molar-refractivity contribution in [3.63, 3.8) is 0 Å². The van der Waals surface area contributed by atoms with Crippen LogP contribution in [0.15, 0.2) is 24.3 Å². The van der Waals surface area contributed by atoms with Crippen molar-refractivity contribution in [3.8, 4) is 0 Å². The molecule has 1 N–H and O–H groups in total. The van der Waals surface area contributed by atoms with E-state index in [9.17, 15) is 18.8 Å². The van der Waals surface area contributed by atoms with Gasteiger partial charge >= 0.3 is 5.97 Å². The van der Waals surface area contributed by atoms with E-state index in [1.54, 1.807) is 11.0 Å². The predicted molar refractivity (Wildman–Crippen MR) is 82.5 cm³/mol. The smallest absolute Gasteiger partial charge is 0.323 e. The number of benzene rings is 1. The number of hydrogen-bond acceptors (Lipinski definition) is 3. The lowest BCUT2D eigenvalue weighted by molar-refractivity contribution is -0.161. The van der Waals surface area contributed by atoms with Crippen molar-refractivity contribution in [1.29, 1.82) is 0 Å². The van der Waals surface area contributed by atoms with E-state index in [0.29, 0.717) is 5.56 Å². The maximum absolute atomic E-state index is 13.6. The average Bonchev–Trinajstić information content (AvgIpc) is 3.03. The van der Waals surface area contributed by atoms with Crippen LogP contribution in [0.5, 0.6) is 0 Å². The number of halogens is 1. The molecule has 3 rings (SSSR count). The summed E-state index contributed by atoms with van der Waals surface area (Å²) in [5.41, 5.74) is 0.385. The van der Waals surface area contributed by atoms with E-state index in [0.717, 1.165) is 30.6 Å². The summed E-state index contributed by atoms with van der Waals surface area (Å²) in [5, 5.41) is 8.97. The molecule has 1 saturated carbocycles. The summed E-state index contributed by atoms with van der Waals surface area (Å²) in [6.07, 6.45) is 3.59. The quantitative estimate of drug-likeness (QED) is 0.906. The summed E-state index contributed by atoms with van der Waals surface area (Å²) in [4.78, 5) is 39.0. The second-order valence-corrected chi connectivity index (χ2v) is 6.28. The first-order valence-corrected chi connectivity index (χ1v) is 8.04. The molecule has 1 aromatic carbocycles. The molecule has 1 aliphatic heterocycles. The number of carbonyl (C=O) groups excluding carboxylic acids is 2. The van der Waals surface area contributed by atoms with Crippen molar-refractivity contribution < 1.29 is 23.9 Å². The Morgan fingerprint density at radius 3 is 2.58 bits per heavy atom. The van der Waals surface area contributed by atoms with Crippen LogP contribution in [0.3, 0.4) is 0 Å². The topological polar surface area (TPSA) is 77.9 Å². The van der Waals surface area contributed by atoms with Gasteiger partial charge in [-0.05, 0) is 30.5 Å². The van der Waals surface area contributed by atoms with Crippen LogP contribution in [-0.4, -0.2) is 51.8 Å². The van der Waals surface area contributed by atoms with Crippen molar-refractivity contribution in [2.24, 2.45) is 0 Å². The minimum absolute atomic E-state index is 0.0540. The minimum Gasteiger partial charge on any atom is -0.480 e. The van der Waals surface area contributed by atoms with E-state index < -0.39 is 30.3 Å². The van der Waals surface area contributed by atoms with Crippen LogP contribution >= 0.6 is 0 Å². The first kappa shape index (κ1) is 16.4. The number of aliphatic carboxylic acids is 1. The van der Waals surface area contributed by atoms with Crippen LogP contribution in [0.2, 0.25) is 0 Å². The molecule has 1 aromatic rings. The van der Waals surface area contributed by atoms with Gasteiger partial charge in [-0.15, -0.1) is 0 Å². The Balaban J connectivity index is 1.99. The summed E-state index contributed by atoms with van der Waals surface area (Å²) in [7, 11) is 0. The number of amides is 2. The summed E-state index contributed by atoms with van der Waals surface area (Å²) < 4.78 is 13.6. The lowest BCUT2D eigenvalue weighted by Gasteiger charge is -2.43. The Morgan fingerprint density at radius 2 is 1.96 bits per heavy atom. The van der Waals surface area contributed by atoms with Gasteiger partial charge in [0.2, 0.25) is 5.91 Å². The normalized spacial score (nSPS) is 22.3. The first-order valence-electron chi connectivity index (χ1n) is 8.04. The van der Waals surface area contributed by atoms with Crippen molar-refractivity contribution >= 4 is 17.8 Å². The van der Waals surface area contributed by atoms with Crippen LogP contribution in [0.1, 0.15) is 37.3 Å². The highest BCUT2D eigenvalue weighted by atomic mass is 19.1. The van der Waals surface area contributed by atoms with Gasteiger partial charge in [-0.1, -0.05) is 25.0 Å². The molecule has 0 bridgehead atoms. The Bertz CT molecular complexity index is 672. The van der Waals surface area contributed by atoms with Gasteiger partial charge in [0.15, 0.2) is 0 Å². The molecule has 7 heteroatoms. The SMILES string of the molecule is O=C(O)CN1CC(=O)N(C2CCCC2)C(c2cccc(F)c2)C1=O. The molecule has 0 radical (unpaired) electrons. The zero-order valence-electron chi connectivity index (χ0n) is 13.2. The molecular formula is C17H19FN2O4. The maximum Gasteiger partial charge on any atom is 0.323 e. The second-order valence-electron chi connectivity index (χ2n) is 6.28. The van der Waals surface area contributed by atoms with E-state index in [2.05, 4.69) is 0 Å². The van der Waals surface area contributed by atoms with Gasteiger partial charge in [0, 0.05) is 6.04 Å². The van der Waals surface area contributed by atoms with Crippen LogP contribution in [-0.2, 0) is 14.4 Å². The number of piperazine rings is 1. The summed E-state index contributed by atoms with van der Waals surface area (Å²) in [6, 6.07) is 4.60. The molecule has 2 aliphatic rings.